The summed E-state index contributed by atoms with van der Waals surface area (Å²) in [4.78, 5) is 28.8. The number of primary amides is 1. The zero-order chi connectivity index (χ0) is 15.6. The highest BCUT2D eigenvalue weighted by Crippen LogP contribution is 2.31. The van der Waals surface area contributed by atoms with Gasteiger partial charge in [0, 0.05) is 19.7 Å². The van der Waals surface area contributed by atoms with Gasteiger partial charge in [0.25, 0.3) is 5.91 Å². The fraction of sp³-hybridized carbons (Fsp3) is 0.462. The number of likely N-dealkylation sites (tertiary alicyclic amines) is 1. The Kier molecular flexibility index (Phi) is 4.17. The molecule has 114 valence electrons. The number of halogens is 2. The summed E-state index contributed by atoms with van der Waals surface area (Å²) in [6.45, 7) is 0.139. The second-order valence-electron chi connectivity index (χ2n) is 4.87. The van der Waals surface area contributed by atoms with Crippen LogP contribution in [0, 0.1) is 11.6 Å². The SMILES string of the molecule is COCC1(C(N)=O)CCCN1C(=O)c1ncc(F)cc1F. The number of nitrogens with two attached hydrogens (primary N) is 1. The molecule has 0 saturated carbocycles. The molecule has 6 nitrogen and oxygen atoms in total. The van der Waals surface area contributed by atoms with Gasteiger partial charge in [0.2, 0.25) is 5.91 Å². The lowest BCUT2D eigenvalue weighted by molar-refractivity contribution is -0.130. The molecule has 21 heavy (non-hydrogen) atoms. The Bertz CT molecular complexity index is 582. The Morgan fingerprint density at radius 1 is 1.52 bits per heavy atom. The molecular formula is C13H15F2N3O3. The minimum atomic E-state index is -1.33. The summed E-state index contributed by atoms with van der Waals surface area (Å²) in [5, 5.41) is 0. The van der Waals surface area contributed by atoms with Crippen LogP contribution in [-0.2, 0) is 9.53 Å². The van der Waals surface area contributed by atoms with Gasteiger partial charge in [-0.2, -0.15) is 0 Å². The summed E-state index contributed by atoms with van der Waals surface area (Å²) in [6.07, 6.45) is 1.60. The van der Waals surface area contributed by atoms with Crippen LogP contribution in [0.3, 0.4) is 0 Å². The van der Waals surface area contributed by atoms with E-state index in [-0.39, 0.29) is 13.2 Å². The molecule has 1 saturated heterocycles. The number of pyridine rings is 1. The molecule has 0 spiro atoms. The number of ether oxygens (including phenoxy) is 1. The third-order valence-electron chi connectivity index (χ3n) is 3.59. The molecule has 1 unspecified atom stereocenters. The van der Waals surface area contributed by atoms with Gasteiger partial charge in [-0.3, -0.25) is 9.59 Å². The van der Waals surface area contributed by atoms with E-state index >= 15 is 0 Å². The van der Waals surface area contributed by atoms with Gasteiger partial charge >= 0.3 is 0 Å². The van der Waals surface area contributed by atoms with Crippen molar-refractivity contribution in [1.82, 2.24) is 9.88 Å². The van der Waals surface area contributed by atoms with E-state index in [9.17, 15) is 18.4 Å². The number of hydrogen-bond donors (Lipinski definition) is 1. The van der Waals surface area contributed by atoms with Crippen molar-refractivity contribution in [2.75, 3.05) is 20.3 Å². The lowest BCUT2D eigenvalue weighted by atomic mass is 9.96. The minimum Gasteiger partial charge on any atom is -0.382 e. The van der Waals surface area contributed by atoms with Crippen LogP contribution in [0.15, 0.2) is 12.3 Å². The molecule has 0 aliphatic carbocycles. The van der Waals surface area contributed by atoms with Gasteiger partial charge in [0.1, 0.15) is 11.4 Å². The average Bonchev–Trinajstić information content (AvgIpc) is 2.83. The second-order valence-corrected chi connectivity index (χ2v) is 4.87. The maximum Gasteiger partial charge on any atom is 0.276 e. The van der Waals surface area contributed by atoms with Crippen molar-refractivity contribution in [2.24, 2.45) is 5.73 Å². The molecule has 1 atom stereocenters. The highest BCUT2D eigenvalue weighted by molar-refractivity contribution is 5.98. The van der Waals surface area contributed by atoms with Crippen LogP contribution >= 0.6 is 0 Å². The highest BCUT2D eigenvalue weighted by atomic mass is 19.1. The number of methoxy groups -OCH3 is 1. The molecule has 1 aromatic rings. The van der Waals surface area contributed by atoms with Crippen molar-refractivity contribution in [3.63, 3.8) is 0 Å². The van der Waals surface area contributed by atoms with Crippen LogP contribution in [0.25, 0.3) is 0 Å². The van der Waals surface area contributed by atoms with Crippen molar-refractivity contribution in [2.45, 2.75) is 18.4 Å². The molecule has 2 rings (SSSR count). The van der Waals surface area contributed by atoms with E-state index in [0.717, 1.165) is 11.1 Å². The zero-order valence-electron chi connectivity index (χ0n) is 11.4. The number of carbonyl (C=O) groups excluding carboxylic acids is 2. The summed E-state index contributed by atoms with van der Waals surface area (Å²) in [7, 11) is 1.38. The predicted octanol–water partition coefficient (Wildman–Crippen LogP) is 0.466. The van der Waals surface area contributed by atoms with E-state index in [1.165, 1.54) is 7.11 Å². The first-order valence-electron chi connectivity index (χ1n) is 6.34. The van der Waals surface area contributed by atoms with E-state index in [4.69, 9.17) is 10.5 Å². The molecular weight excluding hydrogens is 284 g/mol. The van der Waals surface area contributed by atoms with Gasteiger partial charge < -0.3 is 15.4 Å². The standard InChI is InChI=1S/C13H15F2N3O3/c1-21-7-13(12(16)20)3-2-4-18(13)11(19)10-9(15)5-8(14)6-17-10/h5-6H,2-4,7H2,1H3,(H2,16,20). The Hall–Kier alpha value is -2.09. The van der Waals surface area contributed by atoms with Crippen molar-refractivity contribution in [3.8, 4) is 0 Å². The minimum absolute atomic E-state index is 0.0864. The summed E-state index contributed by atoms with van der Waals surface area (Å²) in [5.74, 6) is -3.50. The topological polar surface area (TPSA) is 85.5 Å². The molecule has 1 aliphatic rings. The third-order valence-corrected chi connectivity index (χ3v) is 3.59. The van der Waals surface area contributed by atoms with Crippen molar-refractivity contribution in [3.05, 3.63) is 29.6 Å². The van der Waals surface area contributed by atoms with Crippen molar-refractivity contribution < 1.29 is 23.1 Å². The molecule has 0 bridgehead atoms. The summed E-state index contributed by atoms with van der Waals surface area (Å²) < 4.78 is 31.6. The summed E-state index contributed by atoms with van der Waals surface area (Å²) in [5.41, 5.74) is 3.53. The van der Waals surface area contributed by atoms with Crippen LogP contribution in [-0.4, -0.2) is 47.5 Å². The first kappa shape index (κ1) is 15.3. The zero-order valence-corrected chi connectivity index (χ0v) is 11.4. The van der Waals surface area contributed by atoms with E-state index in [2.05, 4.69) is 4.98 Å². The van der Waals surface area contributed by atoms with E-state index in [1.807, 2.05) is 0 Å². The van der Waals surface area contributed by atoms with Crippen molar-refractivity contribution in [1.29, 1.82) is 0 Å². The highest BCUT2D eigenvalue weighted by Gasteiger charge is 2.49. The predicted molar refractivity (Wildman–Crippen MR) is 68.2 cm³/mol. The van der Waals surface area contributed by atoms with Gasteiger partial charge in [-0.25, -0.2) is 13.8 Å². The largest absolute Gasteiger partial charge is 0.382 e. The smallest absolute Gasteiger partial charge is 0.276 e. The Labute approximate surface area is 119 Å². The molecule has 2 N–H and O–H groups in total. The number of amides is 2. The Morgan fingerprint density at radius 3 is 2.81 bits per heavy atom. The van der Waals surface area contributed by atoms with E-state index in [0.29, 0.717) is 18.9 Å². The van der Waals surface area contributed by atoms with Crippen molar-refractivity contribution >= 4 is 11.8 Å². The van der Waals surface area contributed by atoms with Gasteiger partial charge in [-0.05, 0) is 12.8 Å². The van der Waals surface area contributed by atoms with E-state index in [1.54, 1.807) is 0 Å². The maximum absolute atomic E-state index is 13.7. The van der Waals surface area contributed by atoms with Crippen LogP contribution in [0.4, 0.5) is 8.78 Å². The van der Waals surface area contributed by atoms with Crippen LogP contribution in [0.1, 0.15) is 23.3 Å². The van der Waals surface area contributed by atoms with Crippen LogP contribution < -0.4 is 5.73 Å². The summed E-state index contributed by atoms with van der Waals surface area (Å²) in [6, 6.07) is 0.568. The van der Waals surface area contributed by atoms with Crippen LogP contribution in [0.5, 0.6) is 0 Å². The first-order chi connectivity index (χ1) is 9.92. The lowest BCUT2D eigenvalue weighted by Gasteiger charge is -2.34. The molecule has 0 aromatic carbocycles. The second kappa shape index (κ2) is 5.72. The molecule has 2 amide bonds. The quantitative estimate of drug-likeness (QED) is 0.875. The number of nitrogens with zero attached hydrogens (tertiary/aromatic N) is 2. The Balaban J connectivity index is 2.39. The van der Waals surface area contributed by atoms with Gasteiger partial charge in [-0.1, -0.05) is 0 Å². The van der Waals surface area contributed by atoms with E-state index < -0.39 is 34.7 Å². The van der Waals surface area contributed by atoms with Gasteiger partial charge in [-0.15, -0.1) is 0 Å². The fourth-order valence-corrected chi connectivity index (χ4v) is 2.59. The third kappa shape index (κ3) is 2.58. The molecule has 8 heteroatoms. The number of aromatic nitrogens is 1. The molecule has 1 aliphatic heterocycles. The van der Waals surface area contributed by atoms with Gasteiger partial charge in [0.15, 0.2) is 11.5 Å². The fourth-order valence-electron chi connectivity index (χ4n) is 2.59. The Morgan fingerprint density at radius 2 is 2.24 bits per heavy atom. The number of hydrogen-bond acceptors (Lipinski definition) is 4. The monoisotopic (exact) mass is 299 g/mol. The molecule has 1 fully saturated rings. The average molecular weight is 299 g/mol. The van der Waals surface area contributed by atoms with Gasteiger partial charge in [0.05, 0.1) is 12.8 Å². The number of rotatable bonds is 4. The summed E-state index contributed by atoms with van der Waals surface area (Å²) >= 11 is 0. The maximum atomic E-state index is 13.7. The first-order valence-corrected chi connectivity index (χ1v) is 6.34. The van der Waals surface area contributed by atoms with Crippen LogP contribution in [0.2, 0.25) is 0 Å². The number of carbonyl (C=O) groups is 2. The molecule has 0 radical (unpaired) electrons. The molecule has 2 heterocycles. The molecule has 1 aromatic heterocycles. The lowest BCUT2D eigenvalue weighted by Crippen LogP contribution is -2.59. The normalized spacial score (nSPS) is 21.6.